The molecule has 0 radical (unpaired) electrons. The smallest absolute Gasteiger partial charge is 0.311 e. The van der Waals surface area contributed by atoms with Crippen molar-refractivity contribution in [2.24, 2.45) is 5.92 Å². The van der Waals surface area contributed by atoms with E-state index >= 15 is 0 Å². The highest BCUT2D eigenvalue weighted by Crippen LogP contribution is 2.52. The van der Waals surface area contributed by atoms with Crippen LogP contribution in [-0.2, 0) is 32.0 Å². The molecule has 3 N–H and O–H groups in total. The van der Waals surface area contributed by atoms with Crippen molar-refractivity contribution in [2.45, 2.75) is 43.4 Å². The SMILES string of the molecule is CN(Cc1ccc(C2(C)Nc3cc(F)cc4c3C2CCNC4=O)cc1)CC1CC2(OC1=O)C(=O)Nc1ccccc12. The minimum atomic E-state index is -1.25. The summed E-state index contributed by atoms with van der Waals surface area (Å²) in [5.41, 5.74) is 3.76. The molecule has 1 spiro atoms. The van der Waals surface area contributed by atoms with Crippen LogP contribution in [0.4, 0.5) is 15.8 Å². The molecular formula is C32H31FN4O4. The molecule has 2 amide bonds. The van der Waals surface area contributed by atoms with Gasteiger partial charge in [-0.1, -0.05) is 42.5 Å². The molecule has 0 aliphatic carbocycles. The Morgan fingerprint density at radius 3 is 2.63 bits per heavy atom. The maximum atomic E-state index is 14.4. The summed E-state index contributed by atoms with van der Waals surface area (Å²) >= 11 is 0. The number of rotatable bonds is 5. The predicted molar refractivity (Wildman–Crippen MR) is 151 cm³/mol. The second kappa shape index (κ2) is 9.14. The quantitative estimate of drug-likeness (QED) is 0.409. The Kier molecular flexibility index (Phi) is 5.73. The summed E-state index contributed by atoms with van der Waals surface area (Å²) in [5.74, 6) is -1.71. The number of hydrogen-bond donors (Lipinski definition) is 3. The lowest BCUT2D eigenvalue weighted by Crippen LogP contribution is -2.34. The minimum Gasteiger partial charge on any atom is -0.444 e. The number of ether oxygens (including phenoxy) is 1. The van der Waals surface area contributed by atoms with Crippen molar-refractivity contribution in [3.05, 3.63) is 94.3 Å². The van der Waals surface area contributed by atoms with E-state index in [1.165, 1.54) is 12.1 Å². The Bertz CT molecular complexity index is 1610. The molecule has 4 aliphatic heterocycles. The Hall–Kier alpha value is -4.24. The number of anilines is 2. The lowest BCUT2D eigenvalue weighted by atomic mass is 9.76. The minimum absolute atomic E-state index is 0.0131. The van der Waals surface area contributed by atoms with Gasteiger partial charge < -0.3 is 25.6 Å². The van der Waals surface area contributed by atoms with Crippen LogP contribution in [0.3, 0.4) is 0 Å². The van der Waals surface area contributed by atoms with Crippen LogP contribution in [-0.4, -0.2) is 42.8 Å². The standard InChI is InChI=1S/C32H31FN4O4/c1-31(24-11-12-34-28(38)22-13-21(33)14-26(36-31)27(22)24)20-9-7-18(8-10-20)16-37(2)17-19-15-32(41-29(19)39)23-5-3-4-6-25(23)35-30(32)40/h3-10,13-14,19,24,36H,11-12,15-17H2,1-2H3,(H,34,38)(H,35,40). The molecule has 0 saturated carbocycles. The van der Waals surface area contributed by atoms with E-state index in [1.807, 2.05) is 31.3 Å². The van der Waals surface area contributed by atoms with Gasteiger partial charge in [0.05, 0.1) is 11.5 Å². The van der Waals surface area contributed by atoms with Gasteiger partial charge in [0, 0.05) is 54.5 Å². The van der Waals surface area contributed by atoms with Crippen molar-refractivity contribution in [1.29, 1.82) is 0 Å². The van der Waals surface area contributed by atoms with E-state index in [-0.39, 0.29) is 23.7 Å². The summed E-state index contributed by atoms with van der Waals surface area (Å²) in [5, 5.41) is 9.28. The first-order valence-electron chi connectivity index (χ1n) is 14.0. The van der Waals surface area contributed by atoms with Crippen molar-refractivity contribution in [3.8, 4) is 0 Å². The average Bonchev–Trinajstić information content (AvgIpc) is 3.47. The predicted octanol–water partition coefficient (Wildman–Crippen LogP) is 4.23. The van der Waals surface area contributed by atoms with Gasteiger partial charge in [-0.05, 0) is 55.3 Å². The fraction of sp³-hybridized carbons (Fsp3) is 0.344. The lowest BCUT2D eigenvalue weighted by molar-refractivity contribution is -0.157. The molecule has 3 aromatic rings. The number of nitrogens with zero attached hydrogens (tertiary/aromatic N) is 1. The third kappa shape index (κ3) is 3.94. The van der Waals surface area contributed by atoms with E-state index in [2.05, 4.69) is 52.0 Å². The van der Waals surface area contributed by atoms with Crippen LogP contribution < -0.4 is 16.0 Å². The molecule has 0 bridgehead atoms. The number of para-hydroxylation sites is 1. The van der Waals surface area contributed by atoms with Crippen LogP contribution in [0.2, 0.25) is 0 Å². The fourth-order valence-electron chi connectivity index (χ4n) is 7.24. The van der Waals surface area contributed by atoms with Gasteiger partial charge in [0.2, 0.25) is 5.60 Å². The number of nitrogens with one attached hydrogen (secondary N) is 3. The zero-order valence-electron chi connectivity index (χ0n) is 22.9. The lowest BCUT2D eigenvalue weighted by Gasteiger charge is -2.33. The normalized spacial score (nSPS) is 27.7. The van der Waals surface area contributed by atoms with Crippen LogP contribution in [0.1, 0.15) is 58.3 Å². The van der Waals surface area contributed by atoms with Crippen molar-refractivity contribution >= 4 is 29.2 Å². The van der Waals surface area contributed by atoms with Crippen molar-refractivity contribution < 1.29 is 23.5 Å². The molecule has 4 atom stereocenters. The summed E-state index contributed by atoms with van der Waals surface area (Å²) in [6.45, 7) is 3.71. The number of amides is 2. The van der Waals surface area contributed by atoms with Crippen molar-refractivity contribution in [2.75, 3.05) is 30.8 Å². The fourth-order valence-corrected chi connectivity index (χ4v) is 7.24. The van der Waals surface area contributed by atoms with Gasteiger partial charge in [0.15, 0.2) is 0 Å². The summed E-state index contributed by atoms with van der Waals surface area (Å²) in [6.07, 6.45) is 1.05. The third-order valence-corrected chi connectivity index (χ3v) is 9.21. The first-order valence-corrected chi connectivity index (χ1v) is 14.0. The van der Waals surface area contributed by atoms with E-state index in [0.717, 1.165) is 28.7 Å². The van der Waals surface area contributed by atoms with Gasteiger partial charge in [0.25, 0.3) is 11.8 Å². The highest BCUT2D eigenvalue weighted by Gasteiger charge is 2.57. The Balaban J connectivity index is 1.06. The molecule has 8 nitrogen and oxygen atoms in total. The van der Waals surface area contributed by atoms with E-state index in [0.29, 0.717) is 43.0 Å². The molecule has 9 heteroatoms. The van der Waals surface area contributed by atoms with Gasteiger partial charge in [0.1, 0.15) is 5.82 Å². The largest absolute Gasteiger partial charge is 0.444 e. The van der Waals surface area contributed by atoms with Crippen LogP contribution in [0, 0.1) is 11.7 Å². The summed E-state index contributed by atoms with van der Waals surface area (Å²) in [6, 6.07) is 18.5. The monoisotopic (exact) mass is 554 g/mol. The molecule has 7 rings (SSSR count). The summed E-state index contributed by atoms with van der Waals surface area (Å²) in [4.78, 5) is 40.4. The van der Waals surface area contributed by atoms with E-state index in [9.17, 15) is 18.8 Å². The Labute approximate surface area is 237 Å². The highest BCUT2D eigenvalue weighted by molar-refractivity contribution is 6.07. The molecule has 41 heavy (non-hydrogen) atoms. The maximum Gasteiger partial charge on any atom is 0.311 e. The van der Waals surface area contributed by atoms with Crippen molar-refractivity contribution in [3.63, 3.8) is 0 Å². The third-order valence-electron chi connectivity index (χ3n) is 9.21. The van der Waals surface area contributed by atoms with Gasteiger partial charge in [-0.15, -0.1) is 0 Å². The molecule has 4 unspecified atom stereocenters. The molecule has 1 saturated heterocycles. The molecule has 4 aliphatic rings. The van der Waals surface area contributed by atoms with Gasteiger partial charge in [-0.3, -0.25) is 14.4 Å². The van der Waals surface area contributed by atoms with Crippen LogP contribution in [0.15, 0.2) is 60.7 Å². The Morgan fingerprint density at radius 1 is 1.05 bits per heavy atom. The number of benzene rings is 3. The maximum absolute atomic E-state index is 14.4. The highest BCUT2D eigenvalue weighted by atomic mass is 19.1. The number of hydrogen-bond acceptors (Lipinski definition) is 6. The first-order chi connectivity index (χ1) is 19.7. The molecule has 1 fully saturated rings. The molecule has 3 aromatic carbocycles. The zero-order chi connectivity index (χ0) is 28.5. The Morgan fingerprint density at radius 2 is 1.83 bits per heavy atom. The molecule has 4 heterocycles. The number of fused-ring (bicyclic) bond motifs is 2. The molecule has 210 valence electrons. The van der Waals surface area contributed by atoms with Gasteiger partial charge >= 0.3 is 5.97 Å². The van der Waals surface area contributed by atoms with Crippen LogP contribution >= 0.6 is 0 Å². The zero-order valence-corrected chi connectivity index (χ0v) is 22.9. The number of halogens is 1. The van der Waals surface area contributed by atoms with Crippen molar-refractivity contribution in [1.82, 2.24) is 10.2 Å². The second-order valence-electron chi connectivity index (χ2n) is 11.9. The van der Waals surface area contributed by atoms with E-state index in [4.69, 9.17) is 4.74 Å². The number of esters is 1. The van der Waals surface area contributed by atoms with Crippen LogP contribution in [0.25, 0.3) is 0 Å². The summed E-state index contributed by atoms with van der Waals surface area (Å²) in [7, 11) is 1.96. The number of carbonyl (C=O) groups excluding carboxylic acids is 3. The average molecular weight is 555 g/mol. The van der Waals surface area contributed by atoms with Gasteiger partial charge in [-0.2, -0.15) is 0 Å². The molecule has 0 aromatic heterocycles. The van der Waals surface area contributed by atoms with E-state index < -0.39 is 22.9 Å². The first kappa shape index (κ1) is 25.7. The second-order valence-corrected chi connectivity index (χ2v) is 11.9. The topological polar surface area (TPSA) is 99.8 Å². The molecular weight excluding hydrogens is 523 g/mol. The summed E-state index contributed by atoms with van der Waals surface area (Å²) < 4.78 is 20.1. The number of carbonyl (C=O) groups is 3. The van der Waals surface area contributed by atoms with Crippen LogP contribution in [0.5, 0.6) is 0 Å². The van der Waals surface area contributed by atoms with E-state index in [1.54, 1.807) is 0 Å². The van der Waals surface area contributed by atoms with Gasteiger partial charge in [-0.25, -0.2) is 4.39 Å².